The zero-order valence-electron chi connectivity index (χ0n) is 9.84. The molecule has 0 radical (unpaired) electrons. The third-order valence-corrected chi connectivity index (χ3v) is 5.51. The summed E-state index contributed by atoms with van der Waals surface area (Å²) >= 11 is 3.29. The van der Waals surface area contributed by atoms with E-state index in [0.717, 1.165) is 17.3 Å². The predicted octanol–water partition coefficient (Wildman–Crippen LogP) is 2.49. The number of sulfonamides is 1. The van der Waals surface area contributed by atoms with E-state index < -0.39 is 21.4 Å². The molecule has 2 rings (SSSR count). The number of halogens is 1. The molecule has 2 N–H and O–H groups in total. The van der Waals surface area contributed by atoms with Gasteiger partial charge in [0.15, 0.2) is 0 Å². The zero-order valence-corrected chi connectivity index (χ0v) is 12.2. The van der Waals surface area contributed by atoms with Gasteiger partial charge >= 0.3 is 0 Å². The van der Waals surface area contributed by atoms with Crippen LogP contribution in [0.1, 0.15) is 25.7 Å². The van der Waals surface area contributed by atoms with Gasteiger partial charge in [0, 0.05) is 10.2 Å². The van der Waals surface area contributed by atoms with Gasteiger partial charge in [0.1, 0.15) is 5.25 Å². The highest BCUT2D eigenvalue weighted by atomic mass is 79.9. The summed E-state index contributed by atoms with van der Waals surface area (Å²) in [7, 11) is -3.52. The normalized spacial score (nSPS) is 24.8. The summed E-state index contributed by atoms with van der Waals surface area (Å²) in [4.78, 5) is 0. The Labute approximate surface area is 116 Å². The van der Waals surface area contributed by atoms with Crippen LogP contribution in [0.2, 0.25) is 0 Å². The lowest BCUT2D eigenvalue weighted by Crippen LogP contribution is -2.40. The average Bonchev–Trinajstić information content (AvgIpc) is 2.28. The van der Waals surface area contributed by atoms with Gasteiger partial charge in [0.25, 0.3) is 0 Å². The maximum Gasteiger partial charge on any atom is 0.238 e. The zero-order chi connectivity index (χ0) is 13.2. The molecule has 100 valence electrons. The molecule has 2 unspecified atom stereocenters. The average molecular weight is 334 g/mol. The summed E-state index contributed by atoms with van der Waals surface area (Å²) in [6.45, 7) is 0. The number of anilines is 1. The Bertz CT molecular complexity index is 518. The Morgan fingerprint density at radius 3 is 2.67 bits per heavy atom. The smallest absolute Gasteiger partial charge is 0.238 e. The number of rotatable bonds is 3. The molecule has 0 bridgehead atoms. The second-order valence-electron chi connectivity index (χ2n) is 4.55. The minimum Gasteiger partial charge on any atom is -0.392 e. The van der Waals surface area contributed by atoms with E-state index in [0.29, 0.717) is 18.5 Å². The fraction of sp³-hybridized carbons (Fsp3) is 0.500. The number of benzene rings is 1. The van der Waals surface area contributed by atoms with Crippen molar-refractivity contribution in [1.82, 2.24) is 0 Å². The van der Waals surface area contributed by atoms with Crippen LogP contribution in [-0.2, 0) is 10.0 Å². The van der Waals surface area contributed by atoms with E-state index in [1.54, 1.807) is 18.2 Å². The maximum atomic E-state index is 12.2. The molecule has 0 aliphatic heterocycles. The van der Waals surface area contributed by atoms with Crippen molar-refractivity contribution >= 4 is 31.6 Å². The molecule has 18 heavy (non-hydrogen) atoms. The first-order valence-corrected chi connectivity index (χ1v) is 8.28. The van der Waals surface area contributed by atoms with Gasteiger partial charge in [-0.1, -0.05) is 34.8 Å². The molecular weight excluding hydrogens is 318 g/mol. The molecule has 1 aromatic carbocycles. The van der Waals surface area contributed by atoms with Crippen LogP contribution in [0.5, 0.6) is 0 Å². The predicted molar refractivity (Wildman–Crippen MR) is 74.9 cm³/mol. The first-order valence-electron chi connectivity index (χ1n) is 5.94. The van der Waals surface area contributed by atoms with Crippen molar-refractivity contribution in [2.75, 3.05) is 4.72 Å². The molecule has 2 atom stereocenters. The van der Waals surface area contributed by atoms with Crippen LogP contribution < -0.4 is 4.72 Å². The standard InChI is InChI=1S/C12H16BrNO3S/c13-9-4-3-5-10(8-9)14-18(16,17)12-7-2-1-6-11(12)15/h3-5,8,11-12,14-15H,1-2,6-7H2. The van der Waals surface area contributed by atoms with Gasteiger partial charge < -0.3 is 5.11 Å². The Morgan fingerprint density at radius 2 is 2.00 bits per heavy atom. The highest BCUT2D eigenvalue weighted by Gasteiger charge is 2.34. The monoisotopic (exact) mass is 333 g/mol. The Kier molecular flexibility index (Phi) is 4.29. The number of aliphatic hydroxyl groups is 1. The highest BCUT2D eigenvalue weighted by molar-refractivity contribution is 9.10. The summed E-state index contributed by atoms with van der Waals surface area (Å²) in [6, 6.07) is 6.98. The lowest BCUT2D eigenvalue weighted by Gasteiger charge is -2.27. The van der Waals surface area contributed by atoms with Crippen LogP contribution >= 0.6 is 15.9 Å². The molecule has 1 aromatic rings. The Balaban J connectivity index is 2.16. The molecule has 6 heteroatoms. The van der Waals surface area contributed by atoms with E-state index in [9.17, 15) is 13.5 Å². The third-order valence-electron chi connectivity index (χ3n) is 3.15. The van der Waals surface area contributed by atoms with Crippen molar-refractivity contribution in [2.45, 2.75) is 37.0 Å². The molecule has 0 saturated heterocycles. The molecule has 0 aromatic heterocycles. The quantitative estimate of drug-likeness (QED) is 0.893. The fourth-order valence-electron chi connectivity index (χ4n) is 2.23. The van der Waals surface area contributed by atoms with Crippen molar-refractivity contribution < 1.29 is 13.5 Å². The number of nitrogens with one attached hydrogen (secondary N) is 1. The van der Waals surface area contributed by atoms with E-state index in [1.807, 2.05) is 6.07 Å². The summed E-state index contributed by atoms with van der Waals surface area (Å²) in [5.41, 5.74) is 0.516. The van der Waals surface area contributed by atoms with E-state index in [1.165, 1.54) is 0 Å². The van der Waals surface area contributed by atoms with Crippen LogP contribution in [0.25, 0.3) is 0 Å². The molecule has 1 aliphatic carbocycles. The largest absolute Gasteiger partial charge is 0.392 e. The highest BCUT2D eigenvalue weighted by Crippen LogP contribution is 2.26. The Hall–Kier alpha value is -0.590. The van der Waals surface area contributed by atoms with Gasteiger partial charge in [-0.3, -0.25) is 4.72 Å². The first kappa shape index (κ1) is 13.8. The van der Waals surface area contributed by atoms with Crippen LogP contribution in [0, 0.1) is 0 Å². The van der Waals surface area contributed by atoms with Gasteiger partial charge in [0.2, 0.25) is 10.0 Å². The van der Waals surface area contributed by atoms with Crippen LogP contribution in [0.4, 0.5) is 5.69 Å². The van der Waals surface area contributed by atoms with Crippen molar-refractivity contribution in [3.05, 3.63) is 28.7 Å². The topological polar surface area (TPSA) is 66.4 Å². The molecule has 1 saturated carbocycles. The van der Waals surface area contributed by atoms with Crippen molar-refractivity contribution in [3.8, 4) is 0 Å². The van der Waals surface area contributed by atoms with Crippen molar-refractivity contribution in [2.24, 2.45) is 0 Å². The SMILES string of the molecule is O=S(=O)(Nc1cccc(Br)c1)C1CCCCC1O. The van der Waals surface area contributed by atoms with Gasteiger partial charge in [0.05, 0.1) is 6.10 Å². The van der Waals surface area contributed by atoms with Crippen LogP contribution in [0.15, 0.2) is 28.7 Å². The summed E-state index contributed by atoms with van der Waals surface area (Å²) < 4.78 is 27.7. The lowest BCUT2D eigenvalue weighted by atomic mass is 9.97. The second-order valence-corrected chi connectivity index (χ2v) is 7.36. The second kappa shape index (κ2) is 5.59. The van der Waals surface area contributed by atoms with Gasteiger partial charge in [-0.15, -0.1) is 0 Å². The number of hydrogen-bond acceptors (Lipinski definition) is 3. The van der Waals surface area contributed by atoms with E-state index in [2.05, 4.69) is 20.7 Å². The fourth-order valence-corrected chi connectivity index (χ4v) is 4.26. The van der Waals surface area contributed by atoms with E-state index in [4.69, 9.17) is 0 Å². The summed E-state index contributed by atoms with van der Waals surface area (Å²) in [5.74, 6) is 0. The van der Waals surface area contributed by atoms with Crippen molar-refractivity contribution in [1.29, 1.82) is 0 Å². The summed E-state index contributed by atoms with van der Waals surface area (Å²) in [6.07, 6.45) is 2.06. The van der Waals surface area contributed by atoms with Gasteiger partial charge in [-0.25, -0.2) is 8.42 Å². The third kappa shape index (κ3) is 3.24. The Morgan fingerprint density at radius 1 is 1.28 bits per heavy atom. The minimum atomic E-state index is -3.52. The molecule has 4 nitrogen and oxygen atoms in total. The van der Waals surface area contributed by atoms with Crippen molar-refractivity contribution in [3.63, 3.8) is 0 Å². The number of hydrogen-bond donors (Lipinski definition) is 2. The van der Waals surface area contributed by atoms with E-state index >= 15 is 0 Å². The minimum absolute atomic E-state index is 0.516. The first-order chi connectivity index (χ1) is 8.49. The molecule has 1 fully saturated rings. The summed E-state index contributed by atoms with van der Waals surface area (Å²) in [5, 5.41) is 9.11. The molecule has 0 amide bonds. The van der Waals surface area contributed by atoms with Gasteiger partial charge in [-0.05, 0) is 31.0 Å². The molecule has 1 aliphatic rings. The molecular formula is C12H16BrNO3S. The van der Waals surface area contributed by atoms with Gasteiger partial charge in [-0.2, -0.15) is 0 Å². The lowest BCUT2D eigenvalue weighted by molar-refractivity contribution is 0.133. The van der Waals surface area contributed by atoms with Crippen LogP contribution in [-0.4, -0.2) is 24.9 Å². The van der Waals surface area contributed by atoms with E-state index in [-0.39, 0.29) is 0 Å². The maximum absolute atomic E-state index is 12.2. The molecule has 0 heterocycles. The molecule has 0 spiro atoms. The number of aliphatic hydroxyl groups excluding tert-OH is 1. The van der Waals surface area contributed by atoms with Crippen LogP contribution in [0.3, 0.4) is 0 Å².